The maximum Gasteiger partial charge on any atom is 0.418 e. The summed E-state index contributed by atoms with van der Waals surface area (Å²) in [6.07, 6.45) is 10.3. The van der Waals surface area contributed by atoms with Crippen LogP contribution < -0.4 is 21.5 Å². The molecule has 7 rings (SSSR count). The molecule has 1 amide bonds. The summed E-state index contributed by atoms with van der Waals surface area (Å²) < 4.78 is 14.3. The van der Waals surface area contributed by atoms with Crippen LogP contribution in [0.3, 0.4) is 0 Å². The smallest absolute Gasteiger partial charge is 0.418 e. The number of aryl methyl sites for hydroxylation is 1. The Balaban J connectivity index is 1.56. The van der Waals surface area contributed by atoms with Gasteiger partial charge >= 0.3 is 12.1 Å². The number of esters is 1. The van der Waals surface area contributed by atoms with E-state index in [-0.39, 0.29) is 38.7 Å². The van der Waals surface area contributed by atoms with Crippen molar-refractivity contribution < 1.29 is 19.1 Å². The summed E-state index contributed by atoms with van der Waals surface area (Å²) in [5, 5.41) is 23.4. The molecule has 3 saturated carbocycles. The molecule has 2 bridgehead atoms. The number of aromatic nitrogens is 5. The van der Waals surface area contributed by atoms with Gasteiger partial charge in [-0.05, 0) is 72.8 Å². The van der Waals surface area contributed by atoms with Crippen LogP contribution in [0.15, 0.2) is 54.2 Å². The van der Waals surface area contributed by atoms with Gasteiger partial charge in [0.15, 0.2) is 0 Å². The zero-order valence-electron chi connectivity index (χ0n) is 32.8. The predicted molar refractivity (Wildman–Crippen MR) is 216 cm³/mol. The molecule has 3 aliphatic carbocycles. The number of carbonyl (C=O) groups excluding carboxylic acids is 2. The van der Waals surface area contributed by atoms with Gasteiger partial charge in [-0.15, -0.1) is 5.10 Å². The number of nitriles is 1. The molecule has 0 radical (unpaired) electrons. The molecule has 56 heavy (non-hydrogen) atoms. The Kier molecular flexibility index (Phi) is 11.1. The van der Waals surface area contributed by atoms with E-state index in [0.717, 1.165) is 19.3 Å². The number of nitrogens with one attached hydrogen (secondary N) is 1. The Bertz CT molecular complexity index is 2320. The van der Waals surface area contributed by atoms with Gasteiger partial charge in [-0.2, -0.15) is 5.26 Å². The molecule has 0 aliphatic heterocycles. The van der Waals surface area contributed by atoms with Crippen molar-refractivity contribution in [2.45, 2.75) is 78.4 Å². The van der Waals surface area contributed by atoms with E-state index >= 15 is 0 Å². The first-order valence-electron chi connectivity index (χ1n) is 18.6. The van der Waals surface area contributed by atoms with E-state index in [2.05, 4.69) is 54.0 Å². The topological polar surface area (TPSA) is 183 Å². The van der Waals surface area contributed by atoms with Crippen LogP contribution in [0.25, 0.3) is 22.6 Å². The van der Waals surface area contributed by atoms with Crippen LogP contribution in [0.5, 0.6) is 0 Å². The average Bonchev–Trinajstić information content (AvgIpc) is 3.57. The van der Waals surface area contributed by atoms with Gasteiger partial charge in [-0.25, -0.2) is 9.48 Å². The van der Waals surface area contributed by atoms with Gasteiger partial charge in [0.05, 0.1) is 39.2 Å². The molecule has 3 fully saturated rings. The fourth-order valence-corrected chi connectivity index (χ4v) is 7.43. The third kappa shape index (κ3) is 7.66. The summed E-state index contributed by atoms with van der Waals surface area (Å²) in [6.45, 7) is 15.8. The second-order valence-electron chi connectivity index (χ2n) is 16.3. The van der Waals surface area contributed by atoms with E-state index in [1.54, 1.807) is 70.6 Å². The number of ether oxygens (including phenoxy) is 2. The first kappa shape index (κ1) is 40.2. The summed E-state index contributed by atoms with van der Waals surface area (Å²) >= 11 is 6.98. The number of benzene rings is 1. The summed E-state index contributed by atoms with van der Waals surface area (Å²) in [5.74, 6) is -0.303. The number of halogens is 1. The van der Waals surface area contributed by atoms with Crippen molar-refractivity contribution in [3.63, 3.8) is 0 Å². The molecule has 14 nitrogen and oxygen atoms in total. The van der Waals surface area contributed by atoms with Crippen LogP contribution in [-0.2, 0) is 26.9 Å². The molecule has 3 N–H and O–H groups in total. The van der Waals surface area contributed by atoms with E-state index in [1.807, 2.05) is 4.68 Å². The minimum atomic E-state index is -1.14. The Morgan fingerprint density at radius 1 is 1.25 bits per heavy atom. The molecule has 1 unspecified atom stereocenters. The quantitative estimate of drug-likeness (QED) is 0.106. The molecule has 3 aromatic heterocycles. The largest absolute Gasteiger partial charge is 0.427 e. The Morgan fingerprint density at radius 2 is 1.96 bits per heavy atom. The summed E-state index contributed by atoms with van der Waals surface area (Å²) in [5.41, 5.74) is 8.23. The van der Waals surface area contributed by atoms with Gasteiger partial charge in [0, 0.05) is 36.9 Å². The van der Waals surface area contributed by atoms with Gasteiger partial charge in [0.25, 0.3) is 5.56 Å². The normalized spacial score (nSPS) is 18.5. The lowest BCUT2D eigenvalue weighted by atomic mass is 9.50. The SMILES string of the molecule is C=C(c1ccn(C)c(=O)c1/C=C\C)[C@@H](c1cn(C23CC(C2)C3)nn1)N(C(=O)OCOC(=O)C(N)C(C)C)c1cc(Cl)c2ncc(C#N)c(NCC(C)(C)C)c2c1. The molecular weight excluding hydrogens is 734 g/mol. The van der Waals surface area contributed by atoms with Crippen LogP contribution in [0.1, 0.15) is 89.2 Å². The number of pyridine rings is 2. The predicted octanol–water partition coefficient (Wildman–Crippen LogP) is 6.93. The number of nitrogens with zero attached hydrogens (tertiary/aromatic N) is 7. The Labute approximate surface area is 330 Å². The average molecular weight is 782 g/mol. The fraction of sp³-hybridized carbons (Fsp3) is 0.439. The van der Waals surface area contributed by atoms with E-state index in [4.69, 9.17) is 26.8 Å². The number of nitrogens with two attached hydrogens (primary N) is 1. The Morgan fingerprint density at radius 3 is 2.57 bits per heavy atom. The van der Waals surface area contributed by atoms with Crippen molar-refractivity contribution in [1.29, 1.82) is 5.26 Å². The first-order valence-corrected chi connectivity index (χ1v) is 18.9. The number of carbonyl (C=O) groups is 2. The second kappa shape index (κ2) is 15.5. The third-order valence-corrected chi connectivity index (χ3v) is 10.8. The number of allylic oxidation sites excluding steroid dienone is 1. The van der Waals surface area contributed by atoms with Gasteiger partial charge in [-0.1, -0.05) is 70.2 Å². The van der Waals surface area contributed by atoms with E-state index in [9.17, 15) is 19.6 Å². The standard InChI is InChI=1S/C41H48ClN9O5/c1-9-10-29-28(11-12-49(8)37(29)52)24(4)36(32-20-50(48-47-32)41-15-25(16-41)17-41)51(39(54)56-22-55-38(53)33(44)23(2)3)27-13-30-34(46-21-40(5,6)7)26(18-43)19-45-35(30)31(42)14-27/h9-14,19-20,23,25,33,36H,4,15-17,21-22,44H2,1-3,5-8H3,(H,45,46)/b10-9-/t25?,33?,36-,41?/m0/s1. The van der Waals surface area contributed by atoms with Crippen LogP contribution >= 0.6 is 11.6 Å². The molecule has 4 aromatic rings. The third-order valence-electron chi connectivity index (χ3n) is 10.5. The molecule has 1 aromatic carbocycles. The monoisotopic (exact) mass is 781 g/mol. The van der Waals surface area contributed by atoms with Crippen LogP contribution in [0.4, 0.5) is 16.2 Å². The highest BCUT2D eigenvalue weighted by atomic mass is 35.5. The van der Waals surface area contributed by atoms with Crippen molar-refractivity contribution in [2.75, 3.05) is 23.6 Å². The number of fused-ring (bicyclic) bond motifs is 1. The Hall–Kier alpha value is -5.52. The molecule has 0 saturated heterocycles. The molecule has 3 heterocycles. The number of hydrogen-bond acceptors (Lipinski definition) is 11. The molecule has 294 valence electrons. The van der Waals surface area contributed by atoms with E-state index in [1.165, 1.54) is 15.7 Å². The molecule has 0 spiro atoms. The first-order chi connectivity index (χ1) is 26.5. The number of hydrogen-bond donors (Lipinski definition) is 2. The number of rotatable bonds is 13. The zero-order chi connectivity index (χ0) is 40.7. The lowest BCUT2D eigenvalue weighted by Gasteiger charge is -2.61. The number of amides is 1. The summed E-state index contributed by atoms with van der Waals surface area (Å²) in [7, 11) is 1.65. The molecule has 2 atom stereocenters. The van der Waals surface area contributed by atoms with Crippen LogP contribution in [0, 0.1) is 28.6 Å². The maximum absolute atomic E-state index is 14.7. The lowest BCUT2D eigenvalue weighted by Crippen LogP contribution is -2.59. The molecule has 3 aliphatic rings. The van der Waals surface area contributed by atoms with Crippen molar-refractivity contribution in [3.05, 3.63) is 87.2 Å². The maximum atomic E-state index is 14.7. The molecular formula is C41H48ClN9O5. The highest BCUT2D eigenvalue weighted by Crippen LogP contribution is 2.62. The van der Waals surface area contributed by atoms with Gasteiger partial charge in [0.2, 0.25) is 6.79 Å². The van der Waals surface area contributed by atoms with Crippen molar-refractivity contribution >= 4 is 57.6 Å². The second-order valence-corrected chi connectivity index (χ2v) is 16.7. The summed E-state index contributed by atoms with van der Waals surface area (Å²) in [4.78, 5) is 46.7. The highest BCUT2D eigenvalue weighted by Gasteiger charge is 2.59. The minimum absolute atomic E-state index is 0.144. The van der Waals surface area contributed by atoms with Gasteiger partial charge in [0.1, 0.15) is 23.8 Å². The zero-order valence-corrected chi connectivity index (χ0v) is 33.6. The van der Waals surface area contributed by atoms with Crippen molar-refractivity contribution in [1.82, 2.24) is 24.5 Å². The van der Waals surface area contributed by atoms with Crippen LogP contribution in [0.2, 0.25) is 5.02 Å². The van der Waals surface area contributed by atoms with E-state index in [0.29, 0.717) is 51.4 Å². The van der Waals surface area contributed by atoms with Gasteiger partial charge in [-0.3, -0.25) is 19.5 Å². The van der Waals surface area contributed by atoms with Crippen LogP contribution in [-0.4, -0.2) is 56.0 Å². The highest BCUT2D eigenvalue weighted by molar-refractivity contribution is 6.36. The number of anilines is 2. The van der Waals surface area contributed by atoms with Gasteiger partial charge < -0.3 is 25.1 Å². The lowest BCUT2D eigenvalue weighted by molar-refractivity contribution is -0.154. The van der Waals surface area contributed by atoms with E-state index < -0.39 is 30.9 Å². The van der Waals surface area contributed by atoms with Crippen molar-refractivity contribution in [2.24, 2.45) is 30.0 Å². The summed E-state index contributed by atoms with van der Waals surface area (Å²) in [6, 6.07) is 5.13. The van der Waals surface area contributed by atoms with Crippen molar-refractivity contribution in [3.8, 4) is 6.07 Å². The minimum Gasteiger partial charge on any atom is -0.427 e. The molecule has 15 heteroatoms. The fourth-order valence-electron chi connectivity index (χ4n) is 7.17.